The van der Waals surface area contributed by atoms with Gasteiger partial charge in [-0.3, -0.25) is 4.79 Å². The number of fused-ring (bicyclic) bond motifs is 2. The van der Waals surface area contributed by atoms with E-state index in [2.05, 4.69) is 62.1 Å². The fourth-order valence-electron chi connectivity index (χ4n) is 11.5. The van der Waals surface area contributed by atoms with E-state index < -0.39 is 22.2 Å². The molecule has 5 heteroatoms. The third-order valence-corrected chi connectivity index (χ3v) is 13.0. The lowest BCUT2D eigenvalue weighted by Crippen LogP contribution is -2.65. The van der Waals surface area contributed by atoms with Crippen molar-refractivity contribution in [2.24, 2.45) is 45.8 Å². The molecule has 0 radical (unpaired) electrons. The van der Waals surface area contributed by atoms with E-state index in [0.29, 0.717) is 24.2 Å². The molecular formula is C35H47NO4. The second kappa shape index (κ2) is 9.52. The maximum absolute atomic E-state index is 13.8. The highest BCUT2D eigenvalue weighted by Gasteiger charge is 2.86. The van der Waals surface area contributed by atoms with E-state index in [9.17, 15) is 14.7 Å². The van der Waals surface area contributed by atoms with Crippen LogP contribution in [0.4, 0.5) is 0 Å². The normalized spacial score (nSPS) is 44.6. The molecule has 0 amide bonds. The first-order chi connectivity index (χ1) is 19.3. The minimum atomic E-state index is -1.13. The van der Waals surface area contributed by atoms with Gasteiger partial charge in [-0.15, -0.1) is 0 Å². The van der Waals surface area contributed by atoms with Gasteiger partial charge in [-0.05, 0) is 99.1 Å². The molecule has 0 aromatic heterocycles. The second-order valence-corrected chi connectivity index (χ2v) is 14.7. The van der Waals surface area contributed by atoms with Gasteiger partial charge in [0.15, 0.2) is 0 Å². The van der Waals surface area contributed by atoms with Crippen molar-refractivity contribution in [3.8, 4) is 0 Å². The molecule has 9 atom stereocenters. The molecule has 5 nitrogen and oxygen atoms in total. The first-order valence-corrected chi connectivity index (χ1v) is 16.1. The second-order valence-electron chi connectivity index (χ2n) is 14.7. The van der Waals surface area contributed by atoms with Gasteiger partial charge in [-0.2, -0.15) is 0 Å². The van der Waals surface area contributed by atoms with E-state index >= 15 is 0 Å². The highest BCUT2D eigenvalue weighted by atomic mass is 16.5. The zero-order chi connectivity index (χ0) is 27.9. The van der Waals surface area contributed by atoms with E-state index in [-0.39, 0.29) is 30.0 Å². The molecule has 2 saturated heterocycles. The van der Waals surface area contributed by atoms with Crippen LogP contribution in [-0.2, 0) is 14.3 Å². The predicted molar refractivity (Wildman–Crippen MR) is 155 cm³/mol. The largest absolute Gasteiger partial charge is 0.481 e. The first kappa shape index (κ1) is 26.9. The zero-order valence-electron chi connectivity index (χ0n) is 24.6. The summed E-state index contributed by atoms with van der Waals surface area (Å²) in [7, 11) is 0. The van der Waals surface area contributed by atoms with Crippen molar-refractivity contribution in [1.29, 1.82) is 0 Å². The number of aliphatic carboxylic acids is 1. The number of carbonyl (C=O) groups excluding carboxylic acids is 1. The Kier molecular flexibility index (Phi) is 6.40. The molecule has 6 unspecified atom stereocenters. The molecule has 40 heavy (non-hydrogen) atoms. The Hall–Kier alpha value is -1.98. The Morgan fingerprint density at radius 1 is 1.07 bits per heavy atom. The molecule has 0 spiro atoms. The summed E-state index contributed by atoms with van der Waals surface area (Å²) in [6.07, 6.45) is 11.5. The number of carboxylic acid groups (broad SMARTS) is 1. The Morgan fingerprint density at radius 3 is 2.50 bits per heavy atom. The number of piperidine rings is 1. The quantitative estimate of drug-likeness (QED) is 0.320. The lowest BCUT2D eigenvalue weighted by atomic mass is 9.41. The summed E-state index contributed by atoms with van der Waals surface area (Å²) in [5.41, 5.74) is 0.0502. The lowest BCUT2D eigenvalue weighted by Gasteiger charge is -2.60. The van der Waals surface area contributed by atoms with Crippen molar-refractivity contribution in [2.75, 3.05) is 19.6 Å². The van der Waals surface area contributed by atoms with Crippen LogP contribution in [0.2, 0.25) is 0 Å². The highest BCUT2D eigenvalue weighted by Crippen LogP contribution is 2.84. The molecule has 1 aromatic carbocycles. The molecular weight excluding hydrogens is 498 g/mol. The average molecular weight is 546 g/mol. The van der Waals surface area contributed by atoms with Gasteiger partial charge in [0.2, 0.25) is 0 Å². The van der Waals surface area contributed by atoms with Crippen LogP contribution in [0.5, 0.6) is 0 Å². The van der Waals surface area contributed by atoms with E-state index in [1.807, 2.05) is 0 Å². The van der Waals surface area contributed by atoms with Crippen LogP contribution in [0.3, 0.4) is 0 Å². The minimum absolute atomic E-state index is 0.0940. The highest BCUT2D eigenvalue weighted by molar-refractivity contribution is 5.90. The molecule has 4 bridgehead atoms. The molecule has 1 aromatic rings. The van der Waals surface area contributed by atoms with Crippen LogP contribution in [0.1, 0.15) is 83.6 Å². The van der Waals surface area contributed by atoms with Gasteiger partial charge in [0.25, 0.3) is 0 Å². The fraction of sp³-hybridized carbons (Fsp3) is 0.714. The molecule has 3 saturated carbocycles. The summed E-state index contributed by atoms with van der Waals surface area (Å²) in [5, 5.41) is 11.3. The molecule has 2 heterocycles. The van der Waals surface area contributed by atoms with Crippen molar-refractivity contribution >= 4 is 12.3 Å². The molecule has 2 aliphatic heterocycles. The van der Waals surface area contributed by atoms with Gasteiger partial charge < -0.3 is 19.5 Å². The lowest BCUT2D eigenvalue weighted by molar-refractivity contribution is -0.197. The number of nitrogens with zero attached hydrogens (tertiary/aromatic N) is 1. The summed E-state index contributed by atoms with van der Waals surface area (Å²) >= 11 is 0. The predicted octanol–water partition coefficient (Wildman–Crippen LogP) is 6.34. The van der Waals surface area contributed by atoms with Crippen LogP contribution in [0, 0.1) is 45.8 Å². The Morgan fingerprint density at radius 2 is 1.82 bits per heavy atom. The van der Waals surface area contributed by atoms with Gasteiger partial charge >= 0.3 is 5.97 Å². The molecule has 7 rings (SSSR count). The maximum atomic E-state index is 13.8. The summed E-state index contributed by atoms with van der Waals surface area (Å²) < 4.78 is 7.04. The topological polar surface area (TPSA) is 66.8 Å². The van der Waals surface area contributed by atoms with Gasteiger partial charge in [0.05, 0.1) is 17.6 Å². The number of benzene rings is 1. The number of ether oxygens (including phenoxy) is 1. The SMILES string of the molecule is CC(C)C1=CC2CC3(C=O)[C@@H]4CC[C@@H](C)[C@H]4CC2(C2CCC(CN4CCC(c5ccccc5)CC4)O2)C13C(=O)O. The number of hydrogen-bond acceptors (Lipinski definition) is 4. The summed E-state index contributed by atoms with van der Waals surface area (Å²) in [5.74, 6) is 1.25. The van der Waals surface area contributed by atoms with Crippen molar-refractivity contribution in [3.05, 3.63) is 47.5 Å². The monoisotopic (exact) mass is 545 g/mol. The Balaban J connectivity index is 1.16. The number of hydrogen-bond donors (Lipinski definition) is 1. The van der Waals surface area contributed by atoms with Crippen molar-refractivity contribution in [2.45, 2.75) is 90.3 Å². The first-order valence-electron chi connectivity index (χ1n) is 16.1. The van der Waals surface area contributed by atoms with Gasteiger partial charge in [0, 0.05) is 12.0 Å². The van der Waals surface area contributed by atoms with E-state index in [0.717, 1.165) is 63.6 Å². The fourth-order valence-corrected chi connectivity index (χ4v) is 11.5. The molecule has 4 aliphatic carbocycles. The standard InChI is InChI=1S/C35H47NO4/c1-22(2)30-17-26-18-33(21-37)29-11-9-23(3)28(29)19-34(26,35(30,33)32(38)39)31-12-10-27(40-31)20-36-15-13-25(14-16-36)24-7-5-4-6-8-24/h4-8,17,21-23,25-29,31H,9-16,18-20H2,1-3H3,(H,38,39)/t23-,26?,27?,28-,29-,31?,33?,34?,35?/m1/s1. The number of carboxylic acids is 1. The van der Waals surface area contributed by atoms with Crippen molar-refractivity contribution in [1.82, 2.24) is 4.90 Å². The van der Waals surface area contributed by atoms with E-state index in [1.54, 1.807) is 0 Å². The number of carbonyl (C=O) groups is 2. The van der Waals surface area contributed by atoms with Gasteiger partial charge in [-0.25, -0.2) is 0 Å². The van der Waals surface area contributed by atoms with Crippen LogP contribution in [0.15, 0.2) is 42.0 Å². The number of aldehydes is 1. The number of rotatable bonds is 7. The van der Waals surface area contributed by atoms with Gasteiger partial charge in [0.1, 0.15) is 11.7 Å². The molecule has 216 valence electrons. The van der Waals surface area contributed by atoms with Crippen molar-refractivity contribution < 1.29 is 19.4 Å². The summed E-state index contributed by atoms with van der Waals surface area (Å²) in [6, 6.07) is 10.9. The Bertz CT molecular complexity index is 1190. The molecule has 6 aliphatic rings. The smallest absolute Gasteiger partial charge is 0.315 e. The zero-order valence-corrected chi connectivity index (χ0v) is 24.6. The number of allylic oxidation sites excluding steroid dienone is 1. The Labute approximate surface area is 239 Å². The van der Waals surface area contributed by atoms with Crippen LogP contribution >= 0.6 is 0 Å². The number of likely N-dealkylation sites (tertiary alicyclic amines) is 1. The van der Waals surface area contributed by atoms with Crippen LogP contribution in [-0.4, -0.2) is 54.1 Å². The molecule has 1 N–H and O–H groups in total. The van der Waals surface area contributed by atoms with E-state index in [1.165, 1.54) is 18.4 Å². The van der Waals surface area contributed by atoms with Crippen LogP contribution in [0.25, 0.3) is 0 Å². The summed E-state index contributed by atoms with van der Waals surface area (Å²) in [6.45, 7) is 9.71. The van der Waals surface area contributed by atoms with E-state index in [4.69, 9.17) is 4.74 Å². The third kappa shape index (κ3) is 3.34. The average Bonchev–Trinajstić information content (AvgIpc) is 3.69. The molecule has 5 fully saturated rings. The van der Waals surface area contributed by atoms with Gasteiger partial charge in [-0.1, -0.05) is 69.2 Å². The third-order valence-electron chi connectivity index (χ3n) is 13.0. The van der Waals surface area contributed by atoms with Crippen LogP contribution < -0.4 is 0 Å². The minimum Gasteiger partial charge on any atom is -0.481 e. The van der Waals surface area contributed by atoms with Crippen molar-refractivity contribution in [3.63, 3.8) is 0 Å². The summed E-state index contributed by atoms with van der Waals surface area (Å²) in [4.78, 5) is 29.7. The maximum Gasteiger partial charge on any atom is 0.315 e.